The van der Waals surface area contributed by atoms with Crippen molar-refractivity contribution in [1.29, 1.82) is 0 Å². The first-order chi connectivity index (χ1) is 11.2. The van der Waals surface area contributed by atoms with Crippen molar-refractivity contribution in [2.75, 3.05) is 13.2 Å². The molecule has 0 radical (unpaired) electrons. The minimum atomic E-state index is -0.0511. The van der Waals surface area contributed by atoms with Gasteiger partial charge in [-0.2, -0.15) is 0 Å². The van der Waals surface area contributed by atoms with Gasteiger partial charge in [0.05, 0.1) is 12.2 Å². The number of Topliss-reactive ketones (excluding diaryl/α,β-unsaturated/α-hetero) is 1. The average molecular weight is 311 g/mol. The van der Waals surface area contributed by atoms with Crippen molar-refractivity contribution in [1.82, 2.24) is 4.98 Å². The fourth-order valence-corrected chi connectivity index (χ4v) is 2.59. The van der Waals surface area contributed by atoms with Crippen LogP contribution in [0.15, 0.2) is 36.5 Å². The Morgan fingerprint density at radius 2 is 2.13 bits per heavy atom. The van der Waals surface area contributed by atoms with Gasteiger partial charge in [-0.25, -0.2) is 4.98 Å². The molecule has 0 saturated heterocycles. The molecule has 120 valence electrons. The molecule has 0 atom stereocenters. The number of ketones is 1. The highest BCUT2D eigenvalue weighted by Crippen LogP contribution is 2.31. The fraction of sp³-hybridized carbons (Fsp3) is 0.368. The molecule has 0 spiro atoms. The molecular weight excluding hydrogens is 290 g/mol. The van der Waals surface area contributed by atoms with Gasteiger partial charge in [0, 0.05) is 18.4 Å². The molecule has 4 heteroatoms. The van der Waals surface area contributed by atoms with E-state index in [2.05, 4.69) is 4.98 Å². The van der Waals surface area contributed by atoms with E-state index in [4.69, 9.17) is 4.74 Å². The smallest absolute Gasteiger partial charge is 0.224 e. The van der Waals surface area contributed by atoms with Crippen molar-refractivity contribution in [2.45, 2.75) is 26.2 Å². The molecule has 0 amide bonds. The molecule has 0 bridgehead atoms. The quantitative estimate of drug-likeness (QED) is 0.797. The molecule has 1 fully saturated rings. The Kier molecular flexibility index (Phi) is 4.72. The van der Waals surface area contributed by atoms with E-state index in [1.54, 1.807) is 6.20 Å². The van der Waals surface area contributed by atoms with Crippen LogP contribution >= 0.6 is 0 Å². The number of pyridine rings is 1. The molecule has 1 aromatic heterocycles. The van der Waals surface area contributed by atoms with E-state index in [0.29, 0.717) is 30.4 Å². The van der Waals surface area contributed by atoms with Crippen molar-refractivity contribution in [3.05, 3.63) is 47.7 Å². The van der Waals surface area contributed by atoms with Crippen LogP contribution in [0.2, 0.25) is 0 Å². The van der Waals surface area contributed by atoms with Gasteiger partial charge in [0.25, 0.3) is 0 Å². The van der Waals surface area contributed by atoms with Crippen LogP contribution in [-0.4, -0.2) is 29.1 Å². The summed E-state index contributed by atoms with van der Waals surface area (Å²) in [5, 5.41) is 9.22. The van der Waals surface area contributed by atoms with E-state index in [9.17, 15) is 9.90 Å². The van der Waals surface area contributed by atoms with Crippen LogP contribution < -0.4 is 4.74 Å². The van der Waals surface area contributed by atoms with E-state index in [-0.39, 0.29) is 12.4 Å². The van der Waals surface area contributed by atoms with E-state index in [1.165, 1.54) is 19.8 Å². The maximum Gasteiger partial charge on any atom is 0.224 e. The third-order valence-electron chi connectivity index (χ3n) is 4.09. The highest BCUT2D eigenvalue weighted by Gasteiger charge is 2.23. The fourth-order valence-electron chi connectivity index (χ4n) is 2.59. The Morgan fingerprint density at radius 3 is 2.83 bits per heavy atom. The van der Waals surface area contributed by atoms with E-state index in [1.807, 2.05) is 30.3 Å². The first-order valence-corrected chi connectivity index (χ1v) is 8.02. The molecule has 23 heavy (non-hydrogen) atoms. The standard InChI is InChI=1S/C19H21NO3/c1-13(22)18-10-16(11-20-19(18)23-12-14-6-7-14)17-5-3-2-4-15(17)8-9-21/h2-5,10-11,14,21H,6-9,12H2,1H3. The Morgan fingerprint density at radius 1 is 1.35 bits per heavy atom. The minimum absolute atomic E-state index is 0.0511. The summed E-state index contributed by atoms with van der Waals surface area (Å²) in [5.74, 6) is 0.985. The van der Waals surface area contributed by atoms with Gasteiger partial charge < -0.3 is 9.84 Å². The number of carbonyl (C=O) groups is 1. The van der Waals surface area contributed by atoms with Crippen LogP contribution in [0, 0.1) is 5.92 Å². The lowest BCUT2D eigenvalue weighted by molar-refractivity contribution is 0.101. The van der Waals surface area contributed by atoms with Crippen LogP contribution in [0.5, 0.6) is 5.88 Å². The number of nitrogens with zero attached hydrogens (tertiary/aromatic N) is 1. The van der Waals surface area contributed by atoms with Gasteiger partial charge in [-0.3, -0.25) is 4.79 Å². The van der Waals surface area contributed by atoms with Gasteiger partial charge in [0.1, 0.15) is 0 Å². The lowest BCUT2D eigenvalue weighted by Crippen LogP contribution is -2.06. The maximum atomic E-state index is 12.0. The molecule has 1 aliphatic rings. The second-order valence-corrected chi connectivity index (χ2v) is 6.02. The summed E-state index contributed by atoms with van der Waals surface area (Å²) in [6.07, 6.45) is 4.71. The van der Waals surface area contributed by atoms with Gasteiger partial charge in [0.2, 0.25) is 5.88 Å². The zero-order valence-corrected chi connectivity index (χ0v) is 13.3. The molecule has 3 rings (SSSR count). The number of hydrogen-bond donors (Lipinski definition) is 1. The van der Waals surface area contributed by atoms with Crippen molar-refractivity contribution in [3.8, 4) is 17.0 Å². The number of aliphatic hydroxyl groups is 1. The monoisotopic (exact) mass is 311 g/mol. The number of benzene rings is 1. The number of rotatable bonds is 7. The molecule has 0 aliphatic heterocycles. The molecule has 1 heterocycles. The summed E-state index contributed by atoms with van der Waals surface area (Å²) in [4.78, 5) is 16.3. The van der Waals surface area contributed by atoms with Gasteiger partial charge in [-0.05, 0) is 49.3 Å². The largest absolute Gasteiger partial charge is 0.477 e. The summed E-state index contributed by atoms with van der Waals surface area (Å²) in [5.41, 5.74) is 3.42. The lowest BCUT2D eigenvalue weighted by atomic mass is 9.97. The minimum Gasteiger partial charge on any atom is -0.477 e. The van der Waals surface area contributed by atoms with E-state index >= 15 is 0 Å². The average Bonchev–Trinajstić information content (AvgIpc) is 3.38. The third kappa shape index (κ3) is 3.77. The first-order valence-electron chi connectivity index (χ1n) is 8.02. The second-order valence-electron chi connectivity index (χ2n) is 6.02. The van der Waals surface area contributed by atoms with Crippen LogP contribution in [0.25, 0.3) is 11.1 Å². The first kappa shape index (κ1) is 15.7. The summed E-state index contributed by atoms with van der Waals surface area (Å²) >= 11 is 0. The Hall–Kier alpha value is -2.20. The highest BCUT2D eigenvalue weighted by atomic mass is 16.5. The van der Waals surface area contributed by atoms with E-state index < -0.39 is 0 Å². The van der Waals surface area contributed by atoms with Crippen LogP contribution in [0.4, 0.5) is 0 Å². The SMILES string of the molecule is CC(=O)c1cc(-c2ccccc2CCO)cnc1OCC1CC1. The van der Waals surface area contributed by atoms with Gasteiger partial charge in [0.15, 0.2) is 5.78 Å². The molecule has 1 saturated carbocycles. The van der Waals surface area contributed by atoms with Crippen molar-refractivity contribution < 1.29 is 14.6 Å². The predicted octanol–water partition coefficient (Wildman–Crippen LogP) is 3.27. The number of hydrogen-bond acceptors (Lipinski definition) is 4. The Balaban J connectivity index is 1.93. The summed E-state index contributed by atoms with van der Waals surface area (Å²) in [7, 11) is 0. The van der Waals surface area contributed by atoms with Crippen LogP contribution in [0.1, 0.15) is 35.7 Å². The van der Waals surface area contributed by atoms with Gasteiger partial charge >= 0.3 is 0 Å². The summed E-state index contributed by atoms with van der Waals surface area (Å²) < 4.78 is 5.72. The van der Waals surface area contributed by atoms with Crippen LogP contribution in [0.3, 0.4) is 0 Å². The zero-order valence-electron chi connectivity index (χ0n) is 13.3. The molecule has 2 aromatic rings. The molecule has 1 N–H and O–H groups in total. The predicted molar refractivity (Wildman–Crippen MR) is 88.7 cm³/mol. The molecular formula is C19H21NO3. The summed E-state index contributed by atoms with van der Waals surface area (Å²) in [6, 6.07) is 9.70. The van der Waals surface area contributed by atoms with Crippen molar-refractivity contribution >= 4 is 5.78 Å². The number of aliphatic hydroxyl groups excluding tert-OH is 1. The van der Waals surface area contributed by atoms with Gasteiger partial charge in [-0.15, -0.1) is 0 Å². The van der Waals surface area contributed by atoms with Gasteiger partial charge in [-0.1, -0.05) is 24.3 Å². The topological polar surface area (TPSA) is 59.4 Å². The Labute approximate surface area is 136 Å². The third-order valence-corrected chi connectivity index (χ3v) is 4.09. The second kappa shape index (κ2) is 6.92. The van der Waals surface area contributed by atoms with Crippen molar-refractivity contribution in [3.63, 3.8) is 0 Å². The maximum absolute atomic E-state index is 12.0. The van der Waals surface area contributed by atoms with Crippen LogP contribution in [-0.2, 0) is 6.42 Å². The molecule has 1 aliphatic carbocycles. The number of carbonyl (C=O) groups excluding carboxylic acids is 1. The Bertz CT molecular complexity index is 708. The van der Waals surface area contributed by atoms with Crippen molar-refractivity contribution in [2.24, 2.45) is 5.92 Å². The van der Waals surface area contributed by atoms with E-state index in [0.717, 1.165) is 16.7 Å². The lowest BCUT2D eigenvalue weighted by Gasteiger charge is -2.12. The molecule has 4 nitrogen and oxygen atoms in total. The summed E-state index contributed by atoms with van der Waals surface area (Å²) in [6.45, 7) is 2.25. The normalized spacial score (nSPS) is 13.8. The number of aromatic nitrogens is 1. The molecule has 0 unspecified atom stereocenters. The highest BCUT2D eigenvalue weighted by molar-refractivity contribution is 5.97. The zero-order chi connectivity index (χ0) is 16.2. The number of ether oxygens (including phenoxy) is 1. The molecule has 1 aromatic carbocycles.